The zero-order chi connectivity index (χ0) is 24.3. The SMILES string of the molecule is CC(C)Cn1c(=O)c(C(=O)NCC(F)(F)F)c(O)n2ncc(C=CC(=O)N3CCOCC3)c12. The quantitative estimate of drug-likeness (QED) is 0.608. The van der Waals surface area contributed by atoms with Crippen molar-refractivity contribution in [2.24, 2.45) is 5.92 Å². The van der Waals surface area contributed by atoms with Crippen LogP contribution in [0.5, 0.6) is 5.88 Å². The van der Waals surface area contributed by atoms with E-state index in [9.17, 15) is 32.7 Å². The monoisotopic (exact) mass is 471 g/mol. The number of hydrogen-bond acceptors (Lipinski definition) is 6. The number of carbonyl (C=O) groups excluding carboxylic acids is 2. The van der Waals surface area contributed by atoms with Gasteiger partial charge < -0.3 is 20.1 Å². The van der Waals surface area contributed by atoms with E-state index in [4.69, 9.17) is 4.74 Å². The zero-order valence-corrected chi connectivity index (χ0v) is 18.1. The molecule has 0 radical (unpaired) electrons. The summed E-state index contributed by atoms with van der Waals surface area (Å²) in [5, 5.41) is 16.1. The van der Waals surface area contributed by atoms with Gasteiger partial charge in [-0.1, -0.05) is 13.8 Å². The normalized spacial score (nSPS) is 15.0. The zero-order valence-electron chi connectivity index (χ0n) is 18.1. The number of nitrogens with one attached hydrogen (secondary N) is 1. The van der Waals surface area contributed by atoms with Crippen molar-refractivity contribution in [3.63, 3.8) is 0 Å². The van der Waals surface area contributed by atoms with Gasteiger partial charge in [0.25, 0.3) is 11.5 Å². The Morgan fingerprint density at radius 2 is 1.97 bits per heavy atom. The number of hydrogen-bond donors (Lipinski definition) is 2. The minimum Gasteiger partial charge on any atom is -0.492 e. The van der Waals surface area contributed by atoms with Gasteiger partial charge in [-0.3, -0.25) is 19.0 Å². The first-order valence-corrected chi connectivity index (χ1v) is 10.2. The molecule has 1 aliphatic rings. The molecule has 0 aliphatic carbocycles. The van der Waals surface area contributed by atoms with Crippen LogP contribution in [-0.2, 0) is 16.1 Å². The molecule has 1 fully saturated rings. The molecule has 3 rings (SSSR count). The van der Waals surface area contributed by atoms with Gasteiger partial charge in [-0.05, 0) is 12.0 Å². The largest absolute Gasteiger partial charge is 0.492 e. The van der Waals surface area contributed by atoms with Gasteiger partial charge in [-0.15, -0.1) is 0 Å². The number of ether oxygens (including phenoxy) is 1. The third kappa shape index (κ3) is 5.53. The average molecular weight is 471 g/mol. The van der Waals surface area contributed by atoms with E-state index in [2.05, 4.69) is 5.10 Å². The molecule has 0 spiro atoms. The molecule has 13 heteroatoms. The van der Waals surface area contributed by atoms with Crippen LogP contribution >= 0.6 is 0 Å². The molecule has 0 unspecified atom stereocenters. The summed E-state index contributed by atoms with van der Waals surface area (Å²) in [7, 11) is 0. The second-order valence-electron chi connectivity index (χ2n) is 7.91. The molecule has 0 aromatic carbocycles. The fourth-order valence-electron chi connectivity index (χ4n) is 3.38. The van der Waals surface area contributed by atoms with Gasteiger partial charge in [0, 0.05) is 31.3 Å². The Morgan fingerprint density at radius 1 is 1.30 bits per heavy atom. The van der Waals surface area contributed by atoms with E-state index in [0.29, 0.717) is 31.9 Å². The fraction of sp³-hybridized carbons (Fsp3) is 0.500. The predicted octanol–water partition coefficient (Wildman–Crippen LogP) is 1.02. The second kappa shape index (κ2) is 9.65. The van der Waals surface area contributed by atoms with Crippen molar-refractivity contribution in [3.8, 4) is 5.88 Å². The molecule has 2 N–H and O–H groups in total. The van der Waals surface area contributed by atoms with E-state index in [-0.39, 0.29) is 24.0 Å². The molecule has 33 heavy (non-hydrogen) atoms. The molecule has 3 heterocycles. The highest BCUT2D eigenvalue weighted by Crippen LogP contribution is 2.21. The van der Waals surface area contributed by atoms with Gasteiger partial charge in [0.2, 0.25) is 11.8 Å². The molecular formula is C20H24F3N5O5. The van der Waals surface area contributed by atoms with Crippen molar-refractivity contribution in [3.05, 3.63) is 33.8 Å². The summed E-state index contributed by atoms with van der Waals surface area (Å²) in [4.78, 5) is 39.4. The molecule has 2 aromatic heterocycles. The Hall–Kier alpha value is -3.35. The first kappa shape index (κ1) is 24.3. The van der Waals surface area contributed by atoms with E-state index >= 15 is 0 Å². The van der Waals surface area contributed by atoms with Gasteiger partial charge in [0.05, 0.1) is 19.4 Å². The Labute approximate surface area is 186 Å². The lowest BCUT2D eigenvalue weighted by atomic mass is 10.2. The highest BCUT2D eigenvalue weighted by atomic mass is 19.4. The standard InChI is InChI=1S/C20H24F3N5O5/c1-12(2)10-27-17-13(3-4-14(29)26-5-7-33-8-6-26)9-25-28(17)19(32)15(18(27)31)16(30)24-11-20(21,22)23/h3-4,9,12,32H,5-8,10-11H2,1-2H3,(H,24,30). The number of alkyl halides is 3. The molecule has 0 bridgehead atoms. The van der Waals surface area contributed by atoms with E-state index < -0.39 is 35.6 Å². The number of halogens is 3. The van der Waals surface area contributed by atoms with Crippen LogP contribution in [0.25, 0.3) is 11.7 Å². The highest BCUT2D eigenvalue weighted by Gasteiger charge is 2.31. The van der Waals surface area contributed by atoms with Gasteiger partial charge in [-0.2, -0.15) is 22.8 Å². The van der Waals surface area contributed by atoms with Crippen molar-refractivity contribution in [2.75, 3.05) is 32.8 Å². The second-order valence-corrected chi connectivity index (χ2v) is 7.91. The molecule has 1 saturated heterocycles. The number of amides is 2. The molecule has 0 saturated carbocycles. The lowest BCUT2D eigenvalue weighted by Gasteiger charge is -2.25. The summed E-state index contributed by atoms with van der Waals surface area (Å²) in [6, 6.07) is 0. The van der Waals surface area contributed by atoms with Gasteiger partial charge in [-0.25, -0.2) is 0 Å². The number of aromatic hydroxyl groups is 1. The molecule has 180 valence electrons. The van der Waals surface area contributed by atoms with E-state index in [0.717, 1.165) is 9.08 Å². The number of carbonyl (C=O) groups is 2. The van der Waals surface area contributed by atoms with Crippen LogP contribution in [0.2, 0.25) is 0 Å². The van der Waals surface area contributed by atoms with Crippen LogP contribution in [0.4, 0.5) is 13.2 Å². The molecule has 2 amide bonds. The average Bonchev–Trinajstić information content (AvgIpc) is 3.18. The molecule has 2 aromatic rings. The maximum absolute atomic E-state index is 13.0. The number of rotatable bonds is 6. The molecule has 0 atom stereocenters. The maximum atomic E-state index is 13.0. The van der Waals surface area contributed by atoms with Gasteiger partial charge in [0.15, 0.2) is 5.56 Å². The van der Waals surface area contributed by atoms with Gasteiger partial charge >= 0.3 is 6.18 Å². The topological polar surface area (TPSA) is 118 Å². The van der Waals surface area contributed by atoms with Crippen molar-refractivity contribution in [2.45, 2.75) is 26.6 Å². The van der Waals surface area contributed by atoms with E-state index in [1.54, 1.807) is 24.1 Å². The molecule has 10 nitrogen and oxygen atoms in total. The lowest BCUT2D eigenvalue weighted by molar-refractivity contribution is -0.129. The van der Waals surface area contributed by atoms with E-state index in [1.807, 2.05) is 0 Å². The summed E-state index contributed by atoms with van der Waals surface area (Å²) in [6.07, 6.45) is -0.679. The first-order valence-electron chi connectivity index (χ1n) is 10.2. The fourth-order valence-corrected chi connectivity index (χ4v) is 3.38. The molecular weight excluding hydrogens is 447 g/mol. The third-order valence-corrected chi connectivity index (χ3v) is 4.86. The van der Waals surface area contributed by atoms with Crippen LogP contribution in [-0.4, -0.2) is 75.0 Å². The maximum Gasteiger partial charge on any atom is 0.405 e. The Morgan fingerprint density at radius 3 is 2.58 bits per heavy atom. The lowest BCUT2D eigenvalue weighted by Crippen LogP contribution is -2.39. The Bertz CT molecular complexity index is 1130. The smallest absolute Gasteiger partial charge is 0.405 e. The number of aromatic nitrogens is 3. The van der Waals surface area contributed by atoms with Crippen molar-refractivity contribution in [1.29, 1.82) is 0 Å². The highest BCUT2D eigenvalue weighted by molar-refractivity contribution is 5.97. The minimum absolute atomic E-state index is 0.0894. The van der Waals surface area contributed by atoms with Crippen molar-refractivity contribution < 1.29 is 32.6 Å². The van der Waals surface area contributed by atoms with Crippen molar-refractivity contribution >= 4 is 23.5 Å². The van der Waals surface area contributed by atoms with Gasteiger partial charge in [0.1, 0.15) is 12.2 Å². The predicted molar refractivity (Wildman–Crippen MR) is 111 cm³/mol. The summed E-state index contributed by atoms with van der Waals surface area (Å²) in [5.41, 5.74) is -1.41. The van der Waals surface area contributed by atoms with Crippen molar-refractivity contribution in [1.82, 2.24) is 24.4 Å². The number of fused-ring (bicyclic) bond motifs is 1. The number of nitrogens with zero attached hydrogens (tertiary/aromatic N) is 4. The summed E-state index contributed by atoms with van der Waals surface area (Å²) >= 11 is 0. The summed E-state index contributed by atoms with van der Waals surface area (Å²) in [6.45, 7) is 3.75. The van der Waals surface area contributed by atoms with Crippen LogP contribution in [0, 0.1) is 5.92 Å². The summed E-state index contributed by atoms with van der Waals surface area (Å²) < 4.78 is 44.8. The minimum atomic E-state index is -4.69. The van der Waals surface area contributed by atoms with Crippen LogP contribution in [0.3, 0.4) is 0 Å². The Kier molecular flexibility index (Phi) is 7.10. The van der Waals surface area contributed by atoms with Crippen LogP contribution < -0.4 is 10.9 Å². The van der Waals surface area contributed by atoms with E-state index in [1.165, 1.54) is 18.3 Å². The summed E-state index contributed by atoms with van der Waals surface area (Å²) in [5.74, 6) is -2.63. The molecule has 1 aliphatic heterocycles. The third-order valence-electron chi connectivity index (χ3n) is 4.86. The van der Waals surface area contributed by atoms with Crippen LogP contribution in [0.1, 0.15) is 29.8 Å². The van der Waals surface area contributed by atoms with Crippen LogP contribution in [0.15, 0.2) is 17.1 Å². The first-order chi connectivity index (χ1) is 15.5. The Balaban J connectivity index is 2.04. The number of morpholine rings is 1.